The van der Waals surface area contributed by atoms with Crippen LogP contribution in [0.2, 0.25) is 4.34 Å². The maximum Gasteiger partial charge on any atom is 0.253 e. The van der Waals surface area contributed by atoms with E-state index in [0.29, 0.717) is 17.8 Å². The Hall–Kier alpha value is -1.52. The molecule has 0 fully saturated rings. The van der Waals surface area contributed by atoms with Crippen LogP contribution in [0, 0.1) is 6.92 Å². The molecule has 2 rings (SSSR count). The molecule has 1 amide bonds. The van der Waals surface area contributed by atoms with Crippen molar-refractivity contribution in [2.75, 3.05) is 12.8 Å². The van der Waals surface area contributed by atoms with E-state index >= 15 is 0 Å². The highest BCUT2D eigenvalue weighted by Gasteiger charge is 2.13. The summed E-state index contributed by atoms with van der Waals surface area (Å²) in [6.45, 7) is 2.45. The van der Waals surface area contributed by atoms with Crippen LogP contribution in [0.5, 0.6) is 0 Å². The molecular weight excluding hydrogens is 280 g/mol. The van der Waals surface area contributed by atoms with Crippen LogP contribution in [-0.2, 0) is 6.54 Å². The highest BCUT2D eigenvalue weighted by atomic mass is 35.5. The SMILES string of the molecule is Cc1cc(C(=O)N(C)Cc2ccc(Cl)s2)ccc1N. The molecule has 2 aromatic rings. The molecule has 0 spiro atoms. The van der Waals surface area contributed by atoms with Crippen molar-refractivity contribution in [2.24, 2.45) is 0 Å². The number of thiophene rings is 1. The highest BCUT2D eigenvalue weighted by Crippen LogP contribution is 2.23. The summed E-state index contributed by atoms with van der Waals surface area (Å²) in [5, 5.41) is 0. The molecule has 1 aromatic heterocycles. The quantitative estimate of drug-likeness (QED) is 0.880. The van der Waals surface area contributed by atoms with E-state index in [4.69, 9.17) is 17.3 Å². The van der Waals surface area contributed by atoms with E-state index in [1.54, 1.807) is 24.1 Å². The van der Waals surface area contributed by atoms with Gasteiger partial charge in [-0.1, -0.05) is 11.6 Å². The number of amides is 1. The fourth-order valence-corrected chi connectivity index (χ4v) is 2.91. The second kappa shape index (κ2) is 5.63. The Morgan fingerprint density at radius 3 is 2.68 bits per heavy atom. The van der Waals surface area contributed by atoms with Crippen LogP contribution in [0.25, 0.3) is 0 Å². The number of hydrogen-bond acceptors (Lipinski definition) is 3. The Labute approximate surface area is 121 Å². The minimum Gasteiger partial charge on any atom is -0.399 e. The molecule has 0 bridgehead atoms. The van der Waals surface area contributed by atoms with Gasteiger partial charge in [0.15, 0.2) is 0 Å². The fraction of sp³-hybridized carbons (Fsp3) is 0.214. The molecule has 0 unspecified atom stereocenters. The van der Waals surface area contributed by atoms with Crippen molar-refractivity contribution >= 4 is 34.5 Å². The smallest absolute Gasteiger partial charge is 0.253 e. The first-order chi connectivity index (χ1) is 8.97. The first kappa shape index (κ1) is 13.9. The van der Waals surface area contributed by atoms with Crippen LogP contribution in [0.15, 0.2) is 30.3 Å². The second-order valence-electron chi connectivity index (χ2n) is 4.44. The number of carbonyl (C=O) groups is 1. The molecule has 100 valence electrons. The van der Waals surface area contributed by atoms with Crippen molar-refractivity contribution in [3.8, 4) is 0 Å². The maximum absolute atomic E-state index is 12.3. The molecule has 0 atom stereocenters. The van der Waals surface area contributed by atoms with Gasteiger partial charge in [-0.3, -0.25) is 4.79 Å². The summed E-state index contributed by atoms with van der Waals surface area (Å²) < 4.78 is 0.735. The zero-order valence-electron chi connectivity index (χ0n) is 10.8. The van der Waals surface area contributed by atoms with Gasteiger partial charge in [0.05, 0.1) is 10.9 Å². The maximum atomic E-state index is 12.3. The van der Waals surface area contributed by atoms with E-state index in [1.807, 2.05) is 25.1 Å². The Morgan fingerprint density at radius 2 is 2.11 bits per heavy atom. The number of nitrogens with zero attached hydrogens (tertiary/aromatic N) is 1. The third-order valence-electron chi connectivity index (χ3n) is 2.89. The van der Waals surface area contributed by atoms with Gasteiger partial charge in [-0.25, -0.2) is 0 Å². The molecule has 0 saturated heterocycles. The number of nitrogen functional groups attached to an aromatic ring is 1. The Morgan fingerprint density at radius 1 is 1.37 bits per heavy atom. The van der Waals surface area contributed by atoms with Gasteiger partial charge in [-0.05, 0) is 42.8 Å². The monoisotopic (exact) mass is 294 g/mol. The van der Waals surface area contributed by atoms with Crippen LogP contribution in [0.3, 0.4) is 0 Å². The van der Waals surface area contributed by atoms with E-state index < -0.39 is 0 Å². The second-order valence-corrected chi connectivity index (χ2v) is 6.24. The minimum absolute atomic E-state index is 0.0207. The summed E-state index contributed by atoms with van der Waals surface area (Å²) in [6.07, 6.45) is 0. The lowest BCUT2D eigenvalue weighted by atomic mass is 10.1. The number of hydrogen-bond donors (Lipinski definition) is 1. The average molecular weight is 295 g/mol. The molecule has 1 aromatic carbocycles. The van der Waals surface area contributed by atoms with Crippen molar-refractivity contribution in [2.45, 2.75) is 13.5 Å². The van der Waals surface area contributed by atoms with Gasteiger partial charge < -0.3 is 10.6 Å². The summed E-state index contributed by atoms with van der Waals surface area (Å²) in [7, 11) is 1.78. The normalized spacial score (nSPS) is 10.5. The predicted octanol–water partition coefficient (Wildman–Crippen LogP) is 3.56. The lowest BCUT2D eigenvalue weighted by molar-refractivity contribution is 0.0786. The first-order valence-electron chi connectivity index (χ1n) is 5.83. The largest absolute Gasteiger partial charge is 0.399 e. The molecule has 0 radical (unpaired) electrons. The van der Waals surface area contributed by atoms with Crippen LogP contribution in [0.1, 0.15) is 20.8 Å². The van der Waals surface area contributed by atoms with Gasteiger partial charge in [0.2, 0.25) is 0 Å². The Balaban J connectivity index is 2.12. The molecule has 2 N–H and O–H groups in total. The van der Waals surface area contributed by atoms with Crippen LogP contribution in [0.4, 0.5) is 5.69 Å². The van der Waals surface area contributed by atoms with Gasteiger partial charge >= 0.3 is 0 Å². The van der Waals surface area contributed by atoms with Crippen LogP contribution in [-0.4, -0.2) is 17.9 Å². The Kier molecular flexibility index (Phi) is 4.12. The zero-order chi connectivity index (χ0) is 14.0. The van der Waals surface area contributed by atoms with Gasteiger partial charge in [0.1, 0.15) is 0 Å². The molecular formula is C14H15ClN2OS. The number of aryl methyl sites for hydroxylation is 1. The molecule has 1 heterocycles. The van der Waals surface area contributed by atoms with E-state index in [-0.39, 0.29) is 5.91 Å². The lowest BCUT2D eigenvalue weighted by Gasteiger charge is -2.16. The lowest BCUT2D eigenvalue weighted by Crippen LogP contribution is -2.25. The molecule has 0 saturated carbocycles. The summed E-state index contributed by atoms with van der Waals surface area (Å²) in [4.78, 5) is 15.0. The van der Waals surface area contributed by atoms with Gasteiger partial charge in [0, 0.05) is 23.2 Å². The van der Waals surface area contributed by atoms with Crippen molar-refractivity contribution in [1.29, 1.82) is 0 Å². The summed E-state index contributed by atoms with van der Waals surface area (Å²) in [5.74, 6) is -0.0207. The van der Waals surface area contributed by atoms with Crippen LogP contribution >= 0.6 is 22.9 Å². The number of carbonyl (C=O) groups excluding carboxylic acids is 1. The minimum atomic E-state index is -0.0207. The highest BCUT2D eigenvalue weighted by molar-refractivity contribution is 7.16. The van der Waals surface area contributed by atoms with Crippen molar-refractivity contribution in [3.63, 3.8) is 0 Å². The third-order valence-corrected chi connectivity index (χ3v) is 4.10. The molecule has 19 heavy (non-hydrogen) atoms. The average Bonchev–Trinajstić information content (AvgIpc) is 2.77. The van der Waals surface area contributed by atoms with Crippen molar-refractivity contribution in [1.82, 2.24) is 4.90 Å². The number of halogens is 1. The predicted molar refractivity (Wildman–Crippen MR) is 80.7 cm³/mol. The van der Waals surface area contributed by atoms with Gasteiger partial charge in [-0.2, -0.15) is 0 Å². The fourth-order valence-electron chi connectivity index (χ4n) is 1.77. The number of anilines is 1. The Bertz CT molecular complexity index is 609. The topological polar surface area (TPSA) is 46.3 Å². The van der Waals surface area contributed by atoms with E-state index in [1.165, 1.54) is 11.3 Å². The van der Waals surface area contributed by atoms with Crippen molar-refractivity contribution < 1.29 is 4.79 Å². The van der Waals surface area contributed by atoms with Crippen molar-refractivity contribution in [3.05, 3.63) is 50.7 Å². The molecule has 0 aliphatic rings. The molecule has 5 heteroatoms. The summed E-state index contributed by atoms with van der Waals surface area (Å²) in [6, 6.07) is 9.11. The summed E-state index contributed by atoms with van der Waals surface area (Å²) >= 11 is 7.37. The number of benzene rings is 1. The third kappa shape index (κ3) is 3.28. The molecule has 3 nitrogen and oxygen atoms in total. The first-order valence-corrected chi connectivity index (χ1v) is 7.02. The van der Waals surface area contributed by atoms with Crippen LogP contribution < -0.4 is 5.73 Å². The number of nitrogens with two attached hydrogens (primary N) is 1. The van der Waals surface area contributed by atoms with Gasteiger partial charge in [0.25, 0.3) is 5.91 Å². The molecule has 0 aliphatic heterocycles. The molecule has 0 aliphatic carbocycles. The van der Waals surface area contributed by atoms with E-state index in [2.05, 4.69) is 0 Å². The standard InChI is InChI=1S/C14H15ClN2OS/c1-9-7-10(3-5-12(9)16)14(18)17(2)8-11-4-6-13(15)19-11/h3-7H,8,16H2,1-2H3. The van der Waals surface area contributed by atoms with E-state index in [0.717, 1.165) is 14.8 Å². The summed E-state index contributed by atoms with van der Waals surface area (Å²) in [5.41, 5.74) is 8.02. The van der Waals surface area contributed by atoms with E-state index in [9.17, 15) is 4.79 Å². The zero-order valence-corrected chi connectivity index (χ0v) is 12.4. The van der Waals surface area contributed by atoms with Gasteiger partial charge in [-0.15, -0.1) is 11.3 Å². The number of rotatable bonds is 3.